The van der Waals surface area contributed by atoms with Crippen molar-refractivity contribution in [2.75, 3.05) is 46.3 Å². The molecular formula is C27H36N4O3. The Labute approximate surface area is 201 Å². The Kier molecular flexibility index (Phi) is 6.35. The minimum Gasteiger partial charge on any atom is -0.387 e. The topological polar surface area (TPSA) is 77.8 Å². The smallest absolute Gasteiger partial charge is 0.256 e. The lowest BCUT2D eigenvalue weighted by molar-refractivity contribution is -0.139. The van der Waals surface area contributed by atoms with Gasteiger partial charge in [0.1, 0.15) is 0 Å². The van der Waals surface area contributed by atoms with Crippen molar-refractivity contribution >= 4 is 5.91 Å². The van der Waals surface area contributed by atoms with Crippen LogP contribution in [0.5, 0.6) is 0 Å². The highest BCUT2D eigenvalue weighted by molar-refractivity contribution is 6.00. The van der Waals surface area contributed by atoms with Crippen LogP contribution in [-0.2, 0) is 6.54 Å². The molecule has 2 N–H and O–H groups in total. The summed E-state index contributed by atoms with van der Waals surface area (Å²) in [6.45, 7) is 4.71. The van der Waals surface area contributed by atoms with Crippen molar-refractivity contribution in [3.63, 3.8) is 0 Å². The molecule has 1 aromatic carbocycles. The maximum Gasteiger partial charge on any atom is 0.256 e. The number of likely N-dealkylation sites (tertiary alicyclic amines) is 1. The van der Waals surface area contributed by atoms with E-state index < -0.39 is 5.60 Å². The van der Waals surface area contributed by atoms with Crippen LogP contribution in [0.15, 0.2) is 47.4 Å². The fraction of sp³-hybridized carbons (Fsp3) is 0.556. The van der Waals surface area contributed by atoms with Gasteiger partial charge in [-0.1, -0.05) is 43.2 Å². The van der Waals surface area contributed by atoms with Crippen molar-refractivity contribution in [2.24, 2.45) is 5.41 Å². The first-order valence-electron chi connectivity index (χ1n) is 12.6. The molecule has 1 aliphatic carbocycles. The second kappa shape index (κ2) is 9.29. The van der Waals surface area contributed by atoms with Gasteiger partial charge < -0.3 is 24.8 Å². The van der Waals surface area contributed by atoms with Gasteiger partial charge in [0.05, 0.1) is 17.7 Å². The lowest BCUT2D eigenvalue weighted by Gasteiger charge is -2.51. The first-order chi connectivity index (χ1) is 16.4. The van der Waals surface area contributed by atoms with Crippen LogP contribution in [0, 0.1) is 5.41 Å². The summed E-state index contributed by atoms with van der Waals surface area (Å²) in [6, 6.07) is 11.2. The number of nitrogens with zero attached hydrogens (tertiary/aromatic N) is 3. The molecule has 0 radical (unpaired) electrons. The summed E-state index contributed by atoms with van der Waals surface area (Å²) >= 11 is 0. The van der Waals surface area contributed by atoms with E-state index in [2.05, 4.69) is 17.3 Å². The number of aromatic nitrogens is 1. The average Bonchev–Trinajstić information content (AvgIpc) is 3.33. The average molecular weight is 465 g/mol. The molecule has 3 aliphatic rings. The lowest BCUT2D eigenvalue weighted by Crippen LogP contribution is -2.60. The van der Waals surface area contributed by atoms with Crippen molar-refractivity contribution < 1.29 is 9.90 Å². The van der Waals surface area contributed by atoms with E-state index in [-0.39, 0.29) is 23.4 Å². The molecule has 5 rings (SSSR count). The minimum atomic E-state index is -0.955. The van der Waals surface area contributed by atoms with Crippen molar-refractivity contribution in [3.05, 3.63) is 58.5 Å². The van der Waals surface area contributed by atoms with Crippen molar-refractivity contribution in [2.45, 2.75) is 44.2 Å². The van der Waals surface area contributed by atoms with Gasteiger partial charge in [0.25, 0.3) is 11.5 Å². The number of pyridine rings is 1. The largest absolute Gasteiger partial charge is 0.387 e. The van der Waals surface area contributed by atoms with Gasteiger partial charge in [0.2, 0.25) is 0 Å². The van der Waals surface area contributed by atoms with Gasteiger partial charge >= 0.3 is 0 Å². The maximum atomic E-state index is 13.6. The first-order valence-corrected chi connectivity index (χ1v) is 12.6. The van der Waals surface area contributed by atoms with E-state index in [9.17, 15) is 14.7 Å². The zero-order valence-electron chi connectivity index (χ0n) is 20.1. The molecular weight excluding hydrogens is 428 g/mol. The zero-order valence-corrected chi connectivity index (χ0v) is 20.1. The molecule has 7 heteroatoms. The van der Waals surface area contributed by atoms with Gasteiger partial charge in [-0.3, -0.25) is 9.59 Å². The summed E-state index contributed by atoms with van der Waals surface area (Å²) in [6.07, 6.45) is 6.55. The number of amides is 1. The second-order valence-corrected chi connectivity index (χ2v) is 10.5. The van der Waals surface area contributed by atoms with Crippen LogP contribution in [0.2, 0.25) is 0 Å². The van der Waals surface area contributed by atoms with Crippen molar-refractivity contribution in [1.82, 2.24) is 19.7 Å². The van der Waals surface area contributed by atoms with Gasteiger partial charge in [0, 0.05) is 62.5 Å². The van der Waals surface area contributed by atoms with E-state index >= 15 is 0 Å². The van der Waals surface area contributed by atoms with Crippen LogP contribution in [-0.4, -0.2) is 77.3 Å². The molecule has 1 unspecified atom stereocenters. The molecule has 1 amide bonds. The molecule has 0 bridgehead atoms. The maximum absolute atomic E-state index is 13.6. The highest BCUT2D eigenvalue weighted by Crippen LogP contribution is 2.51. The van der Waals surface area contributed by atoms with E-state index in [1.165, 1.54) is 0 Å². The standard InChI is InChI=1S/C27H36N4O3/c1-29-14-11-27(34,26(19-29)9-5-6-10-26)20-31-18-23(25(33)30-15-12-28-13-16-30)22(17-24(31)32)21-7-3-2-4-8-21/h2-4,7-8,17-18,28,34H,5-6,9-16,19-20H2,1H3. The number of carbonyl (C=O) groups excluding carboxylic acids is 1. The molecule has 182 valence electrons. The summed E-state index contributed by atoms with van der Waals surface area (Å²) in [5.74, 6) is -0.0555. The van der Waals surface area contributed by atoms with Crippen LogP contribution in [0.25, 0.3) is 11.1 Å². The highest BCUT2D eigenvalue weighted by Gasteiger charge is 2.54. The van der Waals surface area contributed by atoms with Crippen molar-refractivity contribution in [3.8, 4) is 11.1 Å². The number of hydrogen-bond donors (Lipinski definition) is 2. The van der Waals surface area contributed by atoms with Gasteiger partial charge in [0.15, 0.2) is 0 Å². The zero-order chi connectivity index (χ0) is 23.8. The van der Waals surface area contributed by atoms with Gasteiger partial charge in [-0.15, -0.1) is 0 Å². The fourth-order valence-electron chi connectivity index (χ4n) is 6.35. The van der Waals surface area contributed by atoms with Crippen LogP contribution >= 0.6 is 0 Å². The third kappa shape index (κ3) is 4.21. The first kappa shape index (κ1) is 23.3. The van der Waals surface area contributed by atoms with E-state index in [0.717, 1.165) is 57.4 Å². The number of piperazine rings is 1. The summed E-state index contributed by atoms with van der Waals surface area (Å²) < 4.78 is 1.60. The fourth-order valence-corrected chi connectivity index (χ4v) is 6.35. The summed E-state index contributed by atoms with van der Waals surface area (Å²) in [5, 5.41) is 15.3. The molecule has 7 nitrogen and oxygen atoms in total. The van der Waals surface area contributed by atoms with Gasteiger partial charge in [-0.2, -0.15) is 0 Å². The summed E-state index contributed by atoms with van der Waals surface area (Å²) in [5.41, 5.74) is 0.733. The molecule has 3 heterocycles. The Morgan fingerprint density at radius 2 is 1.76 bits per heavy atom. The number of piperidine rings is 1. The SMILES string of the molecule is CN1CCC(O)(Cn2cc(C(=O)N3CCNCC3)c(-c3ccccc3)cc2=O)C2(CCCC2)C1. The van der Waals surface area contributed by atoms with Gasteiger partial charge in [-0.05, 0) is 31.9 Å². The molecule has 1 spiro atoms. The Balaban J connectivity index is 1.55. The predicted molar refractivity (Wildman–Crippen MR) is 133 cm³/mol. The number of hydrogen-bond acceptors (Lipinski definition) is 5. The normalized spacial score (nSPS) is 25.1. The molecule has 1 atom stereocenters. The number of benzene rings is 1. The molecule has 2 aliphatic heterocycles. The van der Waals surface area contributed by atoms with Crippen molar-refractivity contribution in [1.29, 1.82) is 0 Å². The van der Waals surface area contributed by atoms with Crippen LogP contribution < -0.4 is 10.9 Å². The van der Waals surface area contributed by atoms with Crippen LogP contribution in [0.3, 0.4) is 0 Å². The Hall–Kier alpha value is -2.48. The molecule has 34 heavy (non-hydrogen) atoms. The third-order valence-corrected chi connectivity index (χ3v) is 8.30. The Bertz CT molecular complexity index is 1090. The Morgan fingerprint density at radius 3 is 2.47 bits per heavy atom. The minimum absolute atomic E-state index is 0.0555. The van der Waals surface area contributed by atoms with E-state index in [1.807, 2.05) is 35.2 Å². The molecule has 1 saturated carbocycles. The van der Waals surface area contributed by atoms with E-state index in [0.29, 0.717) is 30.6 Å². The molecule has 3 fully saturated rings. The Morgan fingerprint density at radius 1 is 1.06 bits per heavy atom. The second-order valence-electron chi connectivity index (χ2n) is 10.5. The molecule has 2 aromatic rings. The molecule has 1 aromatic heterocycles. The molecule has 2 saturated heterocycles. The number of rotatable bonds is 4. The van der Waals surface area contributed by atoms with E-state index in [4.69, 9.17) is 0 Å². The van der Waals surface area contributed by atoms with Gasteiger partial charge in [-0.25, -0.2) is 0 Å². The highest BCUT2D eigenvalue weighted by atomic mass is 16.3. The summed E-state index contributed by atoms with van der Waals surface area (Å²) in [7, 11) is 2.12. The third-order valence-electron chi connectivity index (χ3n) is 8.30. The van der Waals surface area contributed by atoms with E-state index in [1.54, 1.807) is 16.8 Å². The monoisotopic (exact) mass is 464 g/mol. The van der Waals surface area contributed by atoms with Crippen LogP contribution in [0.4, 0.5) is 0 Å². The number of carbonyl (C=O) groups is 1. The lowest BCUT2D eigenvalue weighted by atomic mass is 9.66. The number of nitrogens with one attached hydrogen (secondary N) is 1. The number of aliphatic hydroxyl groups is 1. The predicted octanol–water partition coefficient (Wildman–Crippen LogP) is 2.19. The van der Waals surface area contributed by atoms with Crippen LogP contribution in [0.1, 0.15) is 42.5 Å². The summed E-state index contributed by atoms with van der Waals surface area (Å²) in [4.78, 5) is 31.2. The quantitative estimate of drug-likeness (QED) is 0.725.